The zero-order valence-electron chi connectivity index (χ0n) is 19.7. The minimum Gasteiger partial charge on any atom is -0.497 e. The van der Waals surface area contributed by atoms with Gasteiger partial charge in [0.2, 0.25) is 5.91 Å². The van der Waals surface area contributed by atoms with Crippen LogP contribution in [-0.2, 0) is 11.2 Å². The van der Waals surface area contributed by atoms with E-state index in [2.05, 4.69) is 29.7 Å². The average molecular weight is 566 g/mol. The van der Waals surface area contributed by atoms with Crippen LogP contribution in [0.25, 0.3) is 0 Å². The predicted molar refractivity (Wildman–Crippen MR) is 143 cm³/mol. The summed E-state index contributed by atoms with van der Waals surface area (Å²) in [6.45, 7) is 7.00. The van der Waals surface area contributed by atoms with Crippen molar-refractivity contribution in [3.8, 4) is 17.2 Å². The van der Waals surface area contributed by atoms with Gasteiger partial charge >= 0.3 is 0 Å². The van der Waals surface area contributed by atoms with Crippen LogP contribution in [0.3, 0.4) is 0 Å². The molecule has 180 valence electrons. The molecule has 2 aromatic carbocycles. The van der Waals surface area contributed by atoms with Gasteiger partial charge in [0.1, 0.15) is 17.2 Å². The van der Waals surface area contributed by atoms with E-state index in [1.807, 2.05) is 48.2 Å². The second kappa shape index (κ2) is 13.9. The smallest absolute Gasteiger partial charge is 0.222 e. The van der Waals surface area contributed by atoms with Crippen molar-refractivity contribution < 1.29 is 14.3 Å². The second-order valence-corrected chi connectivity index (χ2v) is 7.76. The van der Waals surface area contributed by atoms with Crippen LogP contribution in [0.5, 0.6) is 17.2 Å². The lowest BCUT2D eigenvalue weighted by Gasteiger charge is -2.18. The van der Waals surface area contributed by atoms with Crippen LogP contribution in [0.1, 0.15) is 32.3 Å². The number of benzene rings is 2. The van der Waals surface area contributed by atoms with Gasteiger partial charge in [-0.15, -0.1) is 24.0 Å². The first-order valence-corrected chi connectivity index (χ1v) is 11.3. The highest BCUT2D eigenvalue weighted by molar-refractivity contribution is 14.0. The molecule has 33 heavy (non-hydrogen) atoms. The highest BCUT2D eigenvalue weighted by Gasteiger charge is 2.25. The summed E-state index contributed by atoms with van der Waals surface area (Å²) in [5.41, 5.74) is 1.20. The third-order valence-corrected chi connectivity index (χ3v) is 5.42. The zero-order valence-corrected chi connectivity index (χ0v) is 22.0. The summed E-state index contributed by atoms with van der Waals surface area (Å²) in [4.78, 5) is 18.5. The van der Waals surface area contributed by atoms with Gasteiger partial charge in [-0.05, 0) is 61.7 Å². The maximum Gasteiger partial charge on any atom is 0.222 e. The monoisotopic (exact) mass is 566 g/mol. The Morgan fingerprint density at radius 2 is 1.70 bits per heavy atom. The highest BCUT2D eigenvalue weighted by atomic mass is 127. The van der Waals surface area contributed by atoms with E-state index < -0.39 is 0 Å². The molecule has 3 rings (SSSR count). The number of amides is 1. The molecule has 0 aliphatic carbocycles. The fraction of sp³-hybridized carbons (Fsp3) is 0.440. The van der Waals surface area contributed by atoms with Crippen molar-refractivity contribution in [2.45, 2.75) is 39.2 Å². The quantitative estimate of drug-likeness (QED) is 0.270. The molecule has 8 heteroatoms. The van der Waals surface area contributed by atoms with Crippen molar-refractivity contribution in [2.24, 2.45) is 4.99 Å². The van der Waals surface area contributed by atoms with Crippen molar-refractivity contribution in [3.05, 3.63) is 54.1 Å². The fourth-order valence-electron chi connectivity index (χ4n) is 3.64. The van der Waals surface area contributed by atoms with Crippen molar-refractivity contribution in [2.75, 3.05) is 33.3 Å². The van der Waals surface area contributed by atoms with Crippen molar-refractivity contribution in [1.29, 1.82) is 0 Å². The fourth-order valence-corrected chi connectivity index (χ4v) is 3.64. The normalized spacial score (nSPS) is 15.5. The minimum absolute atomic E-state index is 0. The Morgan fingerprint density at radius 3 is 2.30 bits per heavy atom. The van der Waals surface area contributed by atoms with Crippen molar-refractivity contribution in [1.82, 2.24) is 15.5 Å². The second-order valence-electron chi connectivity index (χ2n) is 7.76. The molecule has 0 spiro atoms. The lowest BCUT2D eigenvalue weighted by molar-refractivity contribution is -0.129. The first-order valence-electron chi connectivity index (χ1n) is 11.3. The molecule has 0 bridgehead atoms. The number of hydrogen-bond acceptors (Lipinski definition) is 4. The molecular formula is C25H35IN4O3. The van der Waals surface area contributed by atoms with Gasteiger partial charge in [0.15, 0.2) is 5.96 Å². The highest BCUT2D eigenvalue weighted by Crippen LogP contribution is 2.24. The van der Waals surface area contributed by atoms with Crippen LogP contribution in [0.15, 0.2) is 53.5 Å². The largest absolute Gasteiger partial charge is 0.497 e. The molecule has 2 aromatic rings. The van der Waals surface area contributed by atoms with Gasteiger partial charge in [-0.25, -0.2) is 0 Å². The molecule has 1 unspecified atom stereocenters. The van der Waals surface area contributed by atoms with Crippen molar-refractivity contribution >= 4 is 35.8 Å². The summed E-state index contributed by atoms with van der Waals surface area (Å²) in [5, 5.41) is 6.78. The number of nitrogens with zero attached hydrogens (tertiary/aromatic N) is 2. The van der Waals surface area contributed by atoms with E-state index in [1.54, 1.807) is 7.11 Å². The van der Waals surface area contributed by atoms with E-state index in [4.69, 9.17) is 14.5 Å². The van der Waals surface area contributed by atoms with Gasteiger partial charge in [0, 0.05) is 38.6 Å². The third kappa shape index (κ3) is 8.42. The molecule has 1 fully saturated rings. The topological polar surface area (TPSA) is 75.2 Å². The lowest BCUT2D eigenvalue weighted by Crippen LogP contribution is -2.45. The predicted octanol–water partition coefficient (Wildman–Crippen LogP) is 4.21. The summed E-state index contributed by atoms with van der Waals surface area (Å²) < 4.78 is 11.1. The van der Waals surface area contributed by atoms with E-state index in [0.717, 1.165) is 55.7 Å². The van der Waals surface area contributed by atoms with Crippen LogP contribution in [-0.4, -0.2) is 56.1 Å². The Bertz CT molecular complexity index is 888. The lowest BCUT2D eigenvalue weighted by atomic mass is 10.1. The van der Waals surface area contributed by atoms with E-state index in [0.29, 0.717) is 13.0 Å². The van der Waals surface area contributed by atoms with E-state index >= 15 is 0 Å². The Balaban J connectivity index is 0.00000385. The zero-order chi connectivity index (χ0) is 22.8. The van der Waals surface area contributed by atoms with Gasteiger partial charge in [-0.2, -0.15) is 0 Å². The van der Waals surface area contributed by atoms with Crippen LogP contribution < -0.4 is 20.1 Å². The molecule has 2 N–H and O–H groups in total. The van der Waals surface area contributed by atoms with Gasteiger partial charge in [0.25, 0.3) is 0 Å². The van der Waals surface area contributed by atoms with Gasteiger partial charge in [-0.3, -0.25) is 9.79 Å². The standard InChI is InChI=1S/C25H34N4O3.HI/c1-4-24(30)29-17-15-20(18-29)28-25(26-5-2)27-16-14-19-6-8-22(9-7-19)32-23-12-10-21(31-3)11-13-23;/h6-13,20H,4-5,14-18H2,1-3H3,(H2,26,27,28);1H. The Morgan fingerprint density at radius 1 is 1.06 bits per heavy atom. The number of halogens is 1. The Hall–Kier alpha value is -2.49. The molecular weight excluding hydrogens is 531 g/mol. The molecule has 1 heterocycles. The SMILES string of the molecule is CCNC(=NCCc1ccc(Oc2ccc(OC)cc2)cc1)NC1CCN(C(=O)CC)C1.I. The summed E-state index contributed by atoms with van der Waals surface area (Å²) in [7, 11) is 1.65. The van der Waals surface area contributed by atoms with E-state index in [-0.39, 0.29) is 35.9 Å². The maximum atomic E-state index is 11.9. The summed E-state index contributed by atoms with van der Waals surface area (Å²) >= 11 is 0. The van der Waals surface area contributed by atoms with E-state index in [1.165, 1.54) is 5.56 Å². The molecule has 1 aliphatic rings. The molecule has 0 aromatic heterocycles. The number of ether oxygens (including phenoxy) is 2. The first-order chi connectivity index (χ1) is 15.6. The van der Waals surface area contributed by atoms with Crippen molar-refractivity contribution in [3.63, 3.8) is 0 Å². The Kier molecular flexibility index (Phi) is 11.3. The first kappa shape index (κ1) is 26.8. The number of hydrogen-bond donors (Lipinski definition) is 2. The molecule has 0 saturated carbocycles. The number of methoxy groups -OCH3 is 1. The summed E-state index contributed by atoms with van der Waals surface area (Å²) in [6, 6.07) is 15.9. The number of guanidine groups is 1. The molecule has 1 aliphatic heterocycles. The molecule has 0 radical (unpaired) electrons. The minimum atomic E-state index is 0. The maximum absolute atomic E-state index is 11.9. The van der Waals surface area contributed by atoms with Gasteiger partial charge in [0.05, 0.1) is 7.11 Å². The van der Waals surface area contributed by atoms with Crippen LogP contribution in [0.4, 0.5) is 0 Å². The number of aliphatic imine (C=N–C) groups is 1. The molecule has 1 atom stereocenters. The summed E-state index contributed by atoms with van der Waals surface area (Å²) in [5.74, 6) is 3.40. The van der Waals surface area contributed by atoms with Crippen LogP contribution in [0.2, 0.25) is 0 Å². The number of carbonyl (C=O) groups excluding carboxylic acids is 1. The van der Waals surface area contributed by atoms with Gasteiger partial charge in [-0.1, -0.05) is 19.1 Å². The number of carbonyl (C=O) groups is 1. The number of rotatable bonds is 9. The number of nitrogens with one attached hydrogen (secondary N) is 2. The van der Waals surface area contributed by atoms with Gasteiger partial charge < -0.3 is 25.0 Å². The third-order valence-electron chi connectivity index (χ3n) is 5.42. The van der Waals surface area contributed by atoms with E-state index in [9.17, 15) is 4.79 Å². The molecule has 7 nitrogen and oxygen atoms in total. The molecule has 1 saturated heterocycles. The average Bonchev–Trinajstić information content (AvgIpc) is 3.29. The van der Waals surface area contributed by atoms with Crippen LogP contribution >= 0.6 is 24.0 Å². The number of likely N-dealkylation sites (tertiary alicyclic amines) is 1. The molecule has 1 amide bonds. The summed E-state index contributed by atoms with van der Waals surface area (Å²) in [6.07, 6.45) is 2.35. The Labute approximate surface area is 214 Å². The van der Waals surface area contributed by atoms with Crippen LogP contribution in [0, 0.1) is 0 Å².